The normalized spacial score (nSPS) is 18.8. The number of guanidine groups is 1. The molecule has 2 heterocycles. The van der Waals surface area contributed by atoms with Crippen molar-refractivity contribution < 1.29 is 19.1 Å². The summed E-state index contributed by atoms with van der Waals surface area (Å²) >= 11 is 0. The largest absolute Gasteiger partial charge is 0.382 e. The number of rotatable bonds is 11. The zero-order valence-electron chi connectivity index (χ0n) is 18.6. The van der Waals surface area contributed by atoms with Gasteiger partial charge in [-0.15, -0.1) is 0 Å². The highest BCUT2D eigenvalue weighted by atomic mass is 16.5. The van der Waals surface area contributed by atoms with Gasteiger partial charge in [-0.2, -0.15) is 0 Å². The monoisotopic (exact) mass is 430 g/mol. The van der Waals surface area contributed by atoms with E-state index in [-0.39, 0.29) is 11.8 Å². The maximum Gasteiger partial charge on any atom is 0.261 e. The van der Waals surface area contributed by atoms with E-state index >= 15 is 0 Å². The molecule has 0 bridgehead atoms. The molecule has 8 heteroatoms. The van der Waals surface area contributed by atoms with Crippen molar-refractivity contribution in [2.45, 2.75) is 26.2 Å². The minimum atomic E-state index is -0.187. The van der Waals surface area contributed by atoms with Crippen molar-refractivity contribution in [2.75, 3.05) is 59.7 Å². The van der Waals surface area contributed by atoms with E-state index in [0.717, 1.165) is 51.5 Å². The van der Waals surface area contributed by atoms with E-state index in [0.29, 0.717) is 43.3 Å². The number of carbonyl (C=O) groups is 2. The predicted molar refractivity (Wildman–Crippen MR) is 119 cm³/mol. The number of methoxy groups -OCH3 is 1. The topological polar surface area (TPSA) is 83.5 Å². The molecule has 3 rings (SSSR count). The first-order valence-corrected chi connectivity index (χ1v) is 11.2. The molecule has 1 aromatic rings. The molecule has 0 aromatic heterocycles. The van der Waals surface area contributed by atoms with E-state index in [1.807, 2.05) is 0 Å². The number of imide groups is 1. The van der Waals surface area contributed by atoms with Crippen molar-refractivity contribution >= 4 is 17.8 Å². The number of nitrogens with one attached hydrogen (secondary N) is 1. The van der Waals surface area contributed by atoms with Crippen LogP contribution in [0.25, 0.3) is 0 Å². The number of benzene rings is 1. The Kier molecular flexibility index (Phi) is 8.85. The number of nitrogens with zero attached hydrogens (tertiary/aromatic N) is 3. The molecule has 1 N–H and O–H groups in total. The van der Waals surface area contributed by atoms with Crippen LogP contribution in [0.15, 0.2) is 29.3 Å². The van der Waals surface area contributed by atoms with E-state index in [1.54, 1.807) is 31.4 Å². The number of hydrogen-bond acceptors (Lipinski definition) is 5. The minimum absolute atomic E-state index is 0.187. The molecule has 2 aliphatic heterocycles. The summed E-state index contributed by atoms with van der Waals surface area (Å²) < 4.78 is 10.7. The lowest BCUT2D eigenvalue weighted by molar-refractivity contribution is 0.0536. The van der Waals surface area contributed by atoms with E-state index < -0.39 is 0 Å². The number of hydrogen-bond donors (Lipinski definition) is 1. The molecule has 1 fully saturated rings. The Bertz CT molecular complexity index is 748. The van der Waals surface area contributed by atoms with Crippen molar-refractivity contribution in [3.05, 3.63) is 35.4 Å². The predicted octanol–water partition coefficient (Wildman–Crippen LogP) is 2.01. The van der Waals surface area contributed by atoms with Crippen molar-refractivity contribution in [2.24, 2.45) is 10.9 Å². The molecule has 0 spiro atoms. The Balaban J connectivity index is 1.41. The molecular weight excluding hydrogens is 396 g/mol. The van der Waals surface area contributed by atoms with Gasteiger partial charge in [0.1, 0.15) is 0 Å². The van der Waals surface area contributed by atoms with Crippen LogP contribution < -0.4 is 5.32 Å². The lowest BCUT2D eigenvalue weighted by Gasteiger charge is -2.22. The van der Waals surface area contributed by atoms with Crippen LogP contribution in [0, 0.1) is 5.92 Å². The highest BCUT2D eigenvalue weighted by Crippen LogP contribution is 2.22. The minimum Gasteiger partial charge on any atom is -0.382 e. The number of unbranched alkanes of at least 4 members (excludes halogenated alkanes) is 1. The van der Waals surface area contributed by atoms with Crippen LogP contribution in [0.1, 0.15) is 46.9 Å². The zero-order chi connectivity index (χ0) is 22.1. The maximum atomic E-state index is 12.4. The van der Waals surface area contributed by atoms with Gasteiger partial charge in [0.25, 0.3) is 11.8 Å². The van der Waals surface area contributed by atoms with Crippen LogP contribution in [-0.2, 0) is 9.47 Å². The van der Waals surface area contributed by atoms with Crippen LogP contribution in [0.3, 0.4) is 0 Å². The molecule has 1 aromatic carbocycles. The third-order valence-electron chi connectivity index (χ3n) is 5.64. The SMILES string of the molecule is CCNC(=NCCCCN1C(=O)c2ccccc2C1=O)N1CCC(COCCOC)C1. The van der Waals surface area contributed by atoms with E-state index in [9.17, 15) is 9.59 Å². The number of carbonyl (C=O) groups excluding carboxylic acids is 2. The average molecular weight is 431 g/mol. The summed E-state index contributed by atoms with van der Waals surface area (Å²) in [6.45, 7) is 7.90. The zero-order valence-corrected chi connectivity index (χ0v) is 18.6. The second-order valence-electron chi connectivity index (χ2n) is 7.92. The summed E-state index contributed by atoms with van der Waals surface area (Å²) in [7, 11) is 1.68. The molecule has 8 nitrogen and oxygen atoms in total. The summed E-state index contributed by atoms with van der Waals surface area (Å²) in [5, 5.41) is 3.38. The van der Waals surface area contributed by atoms with Gasteiger partial charge in [0.05, 0.1) is 30.9 Å². The Morgan fingerprint density at radius 3 is 2.58 bits per heavy atom. The van der Waals surface area contributed by atoms with Crippen molar-refractivity contribution in [1.82, 2.24) is 15.1 Å². The summed E-state index contributed by atoms with van der Waals surface area (Å²) in [5.74, 6) is 1.07. The van der Waals surface area contributed by atoms with Gasteiger partial charge in [-0.25, -0.2) is 0 Å². The van der Waals surface area contributed by atoms with Gasteiger partial charge in [0.2, 0.25) is 0 Å². The van der Waals surface area contributed by atoms with Gasteiger partial charge in [-0.1, -0.05) is 12.1 Å². The third-order valence-corrected chi connectivity index (χ3v) is 5.64. The van der Waals surface area contributed by atoms with Crippen LogP contribution >= 0.6 is 0 Å². The Hall–Kier alpha value is -2.45. The van der Waals surface area contributed by atoms with Crippen molar-refractivity contribution in [3.8, 4) is 0 Å². The Morgan fingerprint density at radius 1 is 1.16 bits per heavy atom. The molecule has 1 unspecified atom stereocenters. The summed E-state index contributed by atoms with van der Waals surface area (Å²) in [4.78, 5) is 33.3. The molecule has 0 saturated carbocycles. The quantitative estimate of drug-likeness (QED) is 0.250. The first-order chi connectivity index (χ1) is 15.2. The fraction of sp³-hybridized carbons (Fsp3) is 0.609. The fourth-order valence-corrected chi connectivity index (χ4v) is 3.99. The highest BCUT2D eigenvalue weighted by molar-refractivity contribution is 6.21. The van der Waals surface area contributed by atoms with Gasteiger partial charge in [0, 0.05) is 45.8 Å². The molecule has 1 saturated heterocycles. The van der Waals surface area contributed by atoms with E-state index in [1.165, 1.54) is 4.90 Å². The molecule has 1 atom stereocenters. The molecule has 2 amide bonds. The Morgan fingerprint density at radius 2 is 1.90 bits per heavy atom. The van der Waals surface area contributed by atoms with Gasteiger partial charge < -0.3 is 19.7 Å². The summed E-state index contributed by atoms with van der Waals surface area (Å²) in [6, 6.07) is 7.02. The smallest absolute Gasteiger partial charge is 0.261 e. The first-order valence-electron chi connectivity index (χ1n) is 11.2. The van der Waals surface area contributed by atoms with Crippen LogP contribution in [-0.4, -0.2) is 87.2 Å². The number of likely N-dealkylation sites (tertiary alicyclic amines) is 1. The van der Waals surface area contributed by atoms with Gasteiger partial charge in [-0.3, -0.25) is 19.5 Å². The molecule has 31 heavy (non-hydrogen) atoms. The van der Waals surface area contributed by atoms with Crippen LogP contribution in [0.4, 0.5) is 0 Å². The standard InChI is InChI=1S/C23H34N4O4/c1-3-24-23(26-13-10-18(16-26)17-31-15-14-30-2)25-11-6-7-12-27-21(28)19-8-4-5-9-20(19)22(27)29/h4-5,8-9,18H,3,6-7,10-17H2,1-2H3,(H,24,25). The van der Waals surface area contributed by atoms with Gasteiger partial charge >= 0.3 is 0 Å². The number of ether oxygens (including phenoxy) is 2. The van der Waals surface area contributed by atoms with Crippen molar-refractivity contribution in [3.63, 3.8) is 0 Å². The second-order valence-corrected chi connectivity index (χ2v) is 7.92. The lowest BCUT2D eigenvalue weighted by atomic mass is 10.1. The van der Waals surface area contributed by atoms with Crippen LogP contribution in [0.2, 0.25) is 0 Å². The lowest BCUT2D eigenvalue weighted by Crippen LogP contribution is -2.40. The number of amides is 2. The third kappa shape index (κ3) is 6.04. The number of aliphatic imine (C=N–C) groups is 1. The molecule has 2 aliphatic rings. The average Bonchev–Trinajstić information content (AvgIpc) is 3.34. The van der Waals surface area contributed by atoms with E-state index in [4.69, 9.17) is 14.5 Å². The fourth-order valence-electron chi connectivity index (χ4n) is 3.99. The molecular formula is C23H34N4O4. The molecule has 0 radical (unpaired) electrons. The van der Waals surface area contributed by atoms with E-state index in [2.05, 4.69) is 17.1 Å². The van der Waals surface area contributed by atoms with Crippen LogP contribution in [0.5, 0.6) is 0 Å². The maximum absolute atomic E-state index is 12.4. The molecule has 0 aliphatic carbocycles. The number of fused-ring (bicyclic) bond motifs is 1. The highest BCUT2D eigenvalue weighted by Gasteiger charge is 2.34. The second kappa shape index (κ2) is 11.8. The van der Waals surface area contributed by atoms with Gasteiger partial charge in [-0.05, 0) is 38.3 Å². The summed E-state index contributed by atoms with van der Waals surface area (Å²) in [6.07, 6.45) is 2.65. The van der Waals surface area contributed by atoms with Crippen molar-refractivity contribution in [1.29, 1.82) is 0 Å². The summed E-state index contributed by atoms with van der Waals surface area (Å²) in [5.41, 5.74) is 1.02. The Labute approximate surface area is 184 Å². The van der Waals surface area contributed by atoms with Gasteiger partial charge in [0.15, 0.2) is 5.96 Å². The first kappa shape index (κ1) is 23.2. The molecule has 170 valence electrons.